The van der Waals surface area contributed by atoms with Gasteiger partial charge in [0.15, 0.2) is 0 Å². The number of benzene rings is 2. The van der Waals surface area contributed by atoms with E-state index in [0.717, 1.165) is 16.8 Å². The van der Waals surface area contributed by atoms with Crippen molar-refractivity contribution in [1.29, 1.82) is 10.0 Å². The number of hydrogen-bond donors (Lipinski definition) is 1. The zero-order chi connectivity index (χ0) is 28.8. The molecule has 2 aliphatic carbocycles. The molecule has 1 aromatic heterocycles. The molecule has 214 valence electrons. The molecule has 2 aromatic carbocycles. The van der Waals surface area contributed by atoms with E-state index in [1.165, 1.54) is 12.1 Å². The molecule has 2 heterocycles. The van der Waals surface area contributed by atoms with Crippen molar-refractivity contribution in [2.24, 2.45) is 11.3 Å². The van der Waals surface area contributed by atoms with Crippen LogP contribution in [-0.2, 0) is 14.5 Å². The number of carbonyl (C=O) groups excluding carboxylic acids is 1. The second-order valence-corrected chi connectivity index (χ2v) is 14.2. The number of alkyl halides is 1. The van der Waals surface area contributed by atoms with Gasteiger partial charge in [-0.25, -0.2) is 17.7 Å². The van der Waals surface area contributed by atoms with Crippen LogP contribution in [-0.4, -0.2) is 50.5 Å². The number of nitrogens with zero attached hydrogens (tertiary/aromatic N) is 4. The quantitative estimate of drug-likeness (QED) is 0.369. The lowest BCUT2D eigenvalue weighted by atomic mass is 9.72. The molecule has 0 unspecified atom stereocenters. The standard InChI is InChI=1S/C31H33F2N5O2S/c32-22-3-8-25(9-4-22)38-19-28(21-1-6-24(7-2-21)37-13-15-41(35,40)16-14-37)30(36-38)26-10-5-23(33)17-27(26)29(39)18-31(20-34)11-12-31/h1-4,6-9,19,23,26-27,35H,5,10-18H2/t23-,26+,27+/m0/s1. The van der Waals surface area contributed by atoms with E-state index in [1.54, 1.807) is 16.8 Å². The Morgan fingerprint density at radius 3 is 2.37 bits per heavy atom. The van der Waals surface area contributed by atoms with Gasteiger partial charge in [0.2, 0.25) is 0 Å². The smallest absolute Gasteiger partial charge is 0.138 e. The molecule has 1 aliphatic heterocycles. The summed E-state index contributed by atoms with van der Waals surface area (Å²) < 4.78 is 50.0. The van der Waals surface area contributed by atoms with E-state index in [9.17, 15) is 23.0 Å². The molecular formula is C31H33F2N5O2S. The van der Waals surface area contributed by atoms with Crippen LogP contribution >= 0.6 is 0 Å². The maximum Gasteiger partial charge on any atom is 0.138 e. The van der Waals surface area contributed by atoms with E-state index in [1.807, 2.05) is 30.5 Å². The van der Waals surface area contributed by atoms with Gasteiger partial charge in [0.1, 0.15) is 17.8 Å². The molecule has 0 spiro atoms. The van der Waals surface area contributed by atoms with Crippen LogP contribution in [0.2, 0.25) is 0 Å². The van der Waals surface area contributed by atoms with Crippen LogP contribution in [0.4, 0.5) is 14.5 Å². The maximum absolute atomic E-state index is 14.7. The van der Waals surface area contributed by atoms with Gasteiger partial charge in [0.05, 0.1) is 22.9 Å². The Kier molecular flexibility index (Phi) is 7.18. The molecule has 0 amide bonds. The Bertz CT molecular complexity index is 1580. The topological polar surface area (TPSA) is 103 Å². The van der Waals surface area contributed by atoms with Gasteiger partial charge >= 0.3 is 0 Å². The molecule has 6 rings (SSSR count). The van der Waals surface area contributed by atoms with Crippen LogP contribution < -0.4 is 4.90 Å². The van der Waals surface area contributed by atoms with Crippen molar-refractivity contribution in [2.45, 2.75) is 50.6 Å². The largest absolute Gasteiger partial charge is 0.370 e. The number of hydrogen-bond acceptors (Lipinski definition) is 6. The Balaban J connectivity index is 1.36. The minimum Gasteiger partial charge on any atom is -0.370 e. The summed E-state index contributed by atoms with van der Waals surface area (Å²) in [5, 5.41) is 14.5. The summed E-state index contributed by atoms with van der Waals surface area (Å²) in [6, 6.07) is 16.3. The number of rotatable bonds is 7. The summed E-state index contributed by atoms with van der Waals surface area (Å²) in [6.07, 6.45) is 3.32. The highest BCUT2D eigenvalue weighted by molar-refractivity contribution is 7.92. The lowest BCUT2D eigenvalue weighted by Crippen LogP contribution is -2.39. The molecule has 3 fully saturated rings. The second-order valence-electron chi connectivity index (χ2n) is 11.8. The molecule has 0 radical (unpaired) electrons. The molecule has 10 heteroatoms. The number of halogens is 2. The van der Waals surface area contributed by atoms with Gasteiger partial charge in [0, 0.05) is 70.0 Å². The summed E-state index contributed by atoms with van der Waals surface area (Å²) in [4.78, 5) is 15.7. The zero-order valence-electron chi connectivity index (χ0n) is 22.8. The fraction of sp³-hybridized carbons (Fsp3) is 0.452. The summed E-state index contributed by atoms with van der Waals surface area (Å²) in [5.74, 6) is -0.578. The molecule has 1 saturated heterocycles. The van der Waals surface area contributed by atoms with Crippen molar-refractivity contribution in [1.82, 2.24) is 9.78 Å². The van der Waals surface area contributed by atoms with Gasteiger partial charge in [-0.3, -0.25) is 9.57 Å². The fourth-order valence-electron chi connectivity index (χ4n) is 6.19. The van der Waals surface area contributed by atoms with E-state index < -0.39 is 27.2 Å². The highest BCUT2D eigenvalue weighted by Gasteiger charge is 2.48. The summed E-state index contributed by atoms with van der Waals surface area (Å²) in [5.41, 5.74) is 3.48. The summed E-state index contributed by atoms with van der Waals surface area (Å²) in [6.45, 7) is 1.13. The predicted octanol–water partition coefficient (Wildman–Crippen LogP) is 6.03. The molecule has 41 heavy (non-hydrogen) atoms. The highest BCUT2D eigenvalue weighted by Crippen LogP contribution is 2.51. The fourth-order valence-corrected chi connectivity index (χ4v) is 7.43. The Morgan fingerprint density at radius 1 is 1.07 bits per heavy atom. The Hall–Kier alpha value is -3.58. The lowest BCUT2D eigenvalue weighted by molar-refractivity contribution is -0.126. The number of ketones is 1. The van der Waals surface area contributed by atoms with Gasteiger partial charge in [-0.15, -0.1) is 0 Å². The van der Waals surface area contributed by atoms with Gasteiger partial charge in [0.25, 0.3) is 0 Å². The molecule has 1 N–H and O–H groups in total. The lowest BCUT2D eigenvalue weighted by Gasteiger charge is -2.32. The van der Waals surface area contributed by atoms with Gasteiger partial charge < -0.3 is 4.90 Å². The number of aromatic nitrogens is 2. The van der Waals surface area contributed by atoms with E-state index >= 15 is 0 Å². The molecule has 3 atom stereocenters. The number of anilines is 1. The van der Waals surface area contributed by atoms with E-state index in [4.69, 9.17) is 9.88 Å². The zero-order valence-corrected chi connectivity index (χ0v) is 23.6. The summed E-state index contributed by atoms with van der Waals surface area (Å²) in [7, 11) is -2.49. The average molecular weight is 578 g/mol. The van der Waals surface area contributed by atoms with Crippen LogP contribution in [0, 0.1) is 33.3 Å². The Morgan fingerprint density at radius 2 is 1.73 bits per heavy atom. The predicted molar refractivity (Wildman–Crippen MR) is 154 cm³/mol. The van der Waals surface area contributed by atoms with E-state index in [0.29, 0.717) is 61.7 Å². The third-order valence-corrected chi connectivity index (χ3v) is 10.6. The van der Waals surface area contributed by atoms with Crippen molar-refractivity contribution in [3.63, 3.8) is 0 Å². The van der Waals surface area contributed by atoms with Crippen LogP contribution in [0.15, 0.2) is 54.7 Å². The van der Waals surface area contributed by atoms with Crippen molar-refractivity contribution >= 4 is 21.2 Å². The number of carbonyl (C=O) groups is 1. The monoisotopic (exact) mass is 577 g/mol. The molecule has 3 aromatic rings. The first kappa shape index (κ1) is 27.6. The maximum atomic E-state index is 14.7. The SMILES string of the molecule is N#CC1(CC(=O)[C@@H]2C[C@@H](F)CC[C@H]2c2nn(-c3ccc(F)cc3)cc2-c2ccc(N3CCS(=N)(=O)CC3)cc2)CC1. The van der Waals surface area contributed by atoms with Crippen molar-refractivity contribution in [3.05, 3.63) is 66.2 Å². The molecule has 2 saturated carbocycles. The first-order valence-electron chi connectivity index (χ1n) is 14.2. The molecule has 7 nitrogen and oxygen atoms in total. The second kappa shape index (κ2) is 10.7. The van der Waals surface area contributed by atoms with Crippen molar-refractivity contribution in [3.8, 4) is 22.9 Å². The number of nitrogens with one attached hydrogen (secondary N) is 1. The third kappa shape index (κ3) is 5.78. The van der Waals surface area contributed by atoms with Crippen LogP contribution in [0.1, 0.15) is 50.1 Å². The van der Waals surface area contributed by atoms with Crippen LogP contribution in [0.25, 0.3) is 16.8 Å². The average Bonchev–Trinajstić information content (AvgIpc) is 3.60. The van der Waals surface area contributed by atoms with Crippen molar-refractivity contribution < 1.29 is 17.8 Å². The minimum absolute atomic E-state index is 0.0647. The first-order chi connectivity index (χ1) is 19.7. The minimum atomic E-state index is -2.49. The molecule has 3 aliphatic rings. The van der Waals surface area contributed by atoms with Crippen LogP contribution in [0.5, 0.6) is 0 Å². The number of Topliss-reactive ketones (excluding diaryl/α,β-unsaturated/α-hetero) is 1. The van der Waals surface area contributed by atoms with Gasteiger partial charge in [-0.1, -0.05) is 12.1 Å². The summed E-state index contributed by atoms with van der Waals surface area (Å²) >= 11 is 0. The number of nitriles is 1. The first-order valence-corrected chi connectivity index (χ1v) is 16.1. The Labute approximate surface area is 239 Å². The molecular weight excluding hydrogens is 544 g/mol. The third-order valence-electron chi connectivity index (χ3n) is 8.91. The van der Waals surface area contributed by atoms with E-state index in [2.05, 4.69) is 11.0 Å². The molecule has 0 bridgehead atoms. The van der Waals surface area contributed by atoms with Gasteiger partial charge in [-0.2, -0.15) is 10.4 Å². The normalized spacial score (nSPS) is 24.9. The highest BCUT2D eigenvalue weighted by atomic mass is 32.2. The van der Waals surface area contributed by atoms with Crippen molar-refractivity contribution in [2.75, 3.05) is 29.5 Å². The van der Waals surface area contributed by atoms with E-state index in [-0.39, 0.29) is 30.4 Å². The van der Waals surface area contributed by atoms with Gasteiger partial charge in [-0.05, 0) is 74.1 Å². The van der Waals surface area contributed by atoms with Crippen LogP contribution in [0.3, 0.4) is 0 Å².